The van der Waals surface area contributed by atoms with E-state index in [-0.39, 0.29) is 29.6 Å². The maximum Gasteiger partial charge on any atom is 0.336 e. The van der Waals surface area contributed by atoms with Gasteiger partial charge >= 0.3 is 46.9 Å². The van der Waals surface area contributed by atoms with Gasteiger partial charge in [0.15, 0.2) is 5.60 Å². The predicted molar refractivity (Wildman–Crippen MR) is 62.3 cm³/mol. The van der Waals surface area contributed by atoms with E-state index in [0.717, 1.165) is 0 Å². The molecule has 0 aromatic rings. The van der Waals surface area contributed by atoms with E-state index in [9.17, 15) is 19.2 Å². The van der Waals surface area contributed by atoms with E-state index in [2.05, 4.69) is 5.73 Å². The van der Waals surface area contributed by atoms with Gasteiger partial charge < -0.3 is 31.3 Å². The molecular weight excluding hydrogens is 278 g/mol. The molecule has 0 rings (SSSR count). The highest BCUT2D eigenvalue weighted by molar-refractivity contribution is 5.88. The first-order valence-corrected chi connectivity index (χ1v) is 4.36. The highest BCUT2D eigenvalue weighted by atomic mass is 24.3. The van der Waals surface area contributed by atoms with Crippen LogP contribution in [0.3, 0.4) is 0 Å². The van der Waals surface area contributed by atoms with Crippen LogP contribution in [0, 0.1) is 0 Å². The smallest absolute Gasteiger partial charge is 0.336 e. The van der Waals surface area contributed by atoms with Gasteiger partial charge in [0, 0.05) is 0 Å². The molecule has 0 atom stereocenters. The fourth-order valence-electron chi connectivity index (χ4n) is 0.714. The molecule has 0 heterocycles. The summed E-state index contributed by atoms with van der Waals surface area (Å²) in [6, 6.07) is 0. The highest BCUT2D eigenvalue weighted by Crippen LogP contribution is 2.15. The first-order valence-electron chi connectivity index (χ1n) is 4.36. The fraction of sp³-hybridized carbons (Fsp3) is 0.500. The van der Waals surface area contributed by atoms with Crippen molar-refractivity contribution in [2.75, 3.05) is 6.54 Å². The van der Waals surface area contributed by atoms with Gasteiger partial charge in [-0.2, -0.15) is 0 Å². The topological polar surface area (TPSA) is 195 Å². The van der Waals surface area contributed by atoms with Crippen LogP contribution in [0.15, 0.2) is 0 Å². The summed E-state index contributed by atoms with van der Waals surface area (Å²) in [4.78, 5) is 39.7. The standard InChI is InChI=1S/C6H8O7.C2H5NO2.Mg.2H/c7-3(8)1-6(13,5(11)12)2-4(9)10;3-1-2(4)5;;;/h13H,1-2H2,(H,7,8)(H,9,10)(H,11,12);1,3H2,(H,4,5);;;. The zero-order valence-corrected chi connectivity index (χ0v) is 9.07. The van der Waals surface area contributed by atoms with Gasteiger partial charge in [-0.25, -0.2) is 4.79 Å². The van der Waals surface area contributed by atoms with Crippen LogP contribution in [0.5, 0.6) is 0 Å². The molecule has 0 aromatic carbocycles. The summed E-state index contributed by atoms with van der Waals surface area (Å²) in [5.74, 6) is -5.99. The monoisotopic (exact) mass is 293 g/mol. The normalized spacial score (nSPS) is 9.37. The van der Waals surface area contributed by atoms with Gasteiger partial charge in [-0.3, -0.25) is 14.4 Å². The van der Waals surface area contributed by atoms with Gasteiger partial charge in [0.05, 0.1) is 19.4 Å². The molecule has 0 unspecified atom stereocenters. The van der Waals surface area contributed by atoms with E-state index in [1.807, 2.05) is 0 Å². The van der Waals surface area contributed by atoms with Crippen LogP contribution >= 0.6 is 0 Å². The molecule has 108 valence electrons. The Morgan fingerprint density at radius 1 is 0.842 bits per heavy atom. The van der Waals surface area contributed by atoms with E-state index in [1.165, 1.54) is 0 Å². The fourth-order valence-corrected chi connectivity index (χ4v) is 0.714. The molecule has 0 amide bonds. The van der Waals surface area contributed by atoms with Gasteiger partial charge in [-0.15, -0.1) is 0 Å². The van der Waals surface area contributed by atoms with Crippen LogP contribution in [0.4, 0.5) is 0 Å². The molecule has 0 spiro atoms. The summed E-state index contributed by atoms with van der Waals surface area (Å²) >= 11 is 0. The van der Waals surface area contributed by atoms with E-state index in [1.54, 1.807) is 0 Å². The number of carboxylic acid groups (broad SMARTS) is 4. The van der Waals surface area contributed by atoms with E-state index in [4.69, 9.17) is 25.5 Å². The molecule has 0 aromatic heterocycles. The third-order valence-electron chi connectivity index (χ3n) is 1.46. The van der Waals surface area contributed by atoms with Crippen LogP contribution in [0.25, 0.3) is 0 Å². The first-order chi connectivity index (χ1) is 8.05. The molecule has 0 saturated heterocycles. The van der Waals surface area contributed by atoms with Crippen molar-refractivity contribution in [2.24, 2.45) is 5.73 Å². The van der Waals surface area contributed by atoms with Crippen molar-refractivity contribution < 1.29 is 44.7 Å². The maximum atomic E-state index is 10.3. The Labute approximate surface area is 123 Å². The molecular formula is C8H15MgNO9. The minimum Gasteiger partial charge on any atom is -0.481 e. The van der Waals surface area contributed by atoms with Gasteiger partial charge in [0.2, 0.25) is 0 Å². The van der Waals surface area contributed by atoms with Crippen molar-refractivity contribution in [1.29, 1.82) is 0 Å². The van der Waals surface area contributed by atoms with Crippen LogP contribution in [0.2, 0.25) is 0 Å². The summed E-state index contributed by atoms with van der Waals surface area (Å²) in [6.45, 7) is -0.278. The molecule has 0 saturated carbocycles. The first kappa shape index (κ1) is 22.7. The lowest BCUT2D eigenvalue weighted by molar-refractivity contribution is -0.170. The average molecular weight is 294 g/mol. The lowest BCUT2D eigenvalue weighted by atomic mass is 9.96. The molecule has 7 N–H and O–H groups in total. The van der Waals surface area contributed by atoms with Crippen molar-refractivity contribution in [3.05, 3.63) is 0 Å². The van der Waals surface area contributed by atoms with Crippen LogP contribution in [-0.2, 0) is 19.2 Å². The van der Waals surface area contributed by atoms with Gasteiger partial charge in [0.1, 0.15) is 0 Å². The molecule has 10 nitrogen and oxygen atoms in total. The lowest BCUT2D eigenvalue weighted by Crippen LogP contribution is -2.42. The zero-order chi connectivity index (χ0) is 14.9. The Kier molecular flexibility index (Phi) is 12.5. The average Bonchev–Trinajstić information content (AvgIpc) is 2.15. The van der Waals surface area contributed by atoms with Gasteiger partial charge in [-0.1, -0.05) is 0 Å². The quantitative estimate of drug-likeness (QED) is 0.272. The predicted octanol–water partition coefficient (Wildman–Crippen LogP) is -3.13. The second-order valence-electron chi connectivity index (χ2n) is 3.08. The summed E-state index contributed by atoms with van der Waals surface area (Å²) < 4.78 is 0. The van der Waals surface area contributed by atoms with Crippen molar-refractivity contribution >= 4 is 46.9 Å². The van der Waals surface area contributed by atoms with Crippen LogP contribution in [-0.4, -0.2) is 84.6 Å². The molecule has 11 heteroatoms. The van der Waals surface area contributed by atoms with Crippen LogP contribution in [0.1, 0.15) is 12.8 Å². The summed E-state index contributed by atoms with van der Waals surface area (Å²) in [5.41, 5.74) is 1.83. The third kappa shape index (κ3) is 12.8. The van der Waals surface area contributed by atoms with Gasteiger partial charge in [0.25, 0.3) is 0 Å². The Hall–Kier alpha value is -1.43. The second-order valence-corrected chi connectivity index (χ2v) is 3.08. The van der Waals surface area contributed by atoms with Gasteiger partial charge in [-0.05, 0) is 0 Å². The maximum absolute atomic E-state index is 10.3. The third-order valence-corrected chi connectivity index (χ3v) is 1.46. The Bertz CT molecular complexity index is 327. The number of rotatable bonds is 6. The largest absolute Gasteiger partial charge is 0.481 e. The second kappa shape index (κ2) is 10.5. The Morgan fingerprint density at radius 3 is 1.21 bits per heavy atom. The van der Waals surface area contributed by atoms with Crippen molar-refractivity contribution in [3.8, 4) is 0 Å². The number of aliphatic carboxylic acids is 4. The molecule has 0 fully saturated rings. The summed E-state index contributed by atoms with van der Waals surface area (Å²) in [5, 5.41) is 41.4. The van der Waals surface area contributed by atoms with E-state index >= 15 is 0 Å². The number of hydrogen-bond acceptors (Lipinski definition) is 6. The summed E-state index contributed by atoms with van der Waals surface area (Å²) in [7, 11) is 0. The van der Waals surface area contributed by atoms with Crippen molar-refractivity contribution in [3.63, 3.8) is 0 Å². The molecule has 0 aliphatic rings. The van der Waals surface area contributed by atoms with E-state index in [0.29, 0.717) is 0 Å². The molecule has 19 heavy (non-hydrogen) atoms. The number of carbonyl (C=O) groups is 4. The SMILES string of the molecule is NCC(=O)O.O=C(O)CC(O)(CC(=O)O)C(=O)O.[MgH2]. The number of nitrogens with two attached hydrogens (primary N) is 1. The molecule has 0 aliphatic carbocycles. The zero-order valence-electron chi connectivity index (χ0n) is 9.07. The Balaban J connectivity index is -0.000000366. The lowest BCUT2D eigenvalue weighted by Gasteiger charge is -2.18. The Morgan fingerprint density at radius 2 is 1.11 bits per heavy atom. The molecule has 0 bridgehead atoms. The van der Waals surface area contributed by atoms with Crippen molar-refractivity contribution in [1.82, 2.24) is 0 Å². The number of carboxylic acids is 4. The van der Waals surface area contributed by atoms with Crippen molar-refractivity contribution in [2.45, 2.75) is 18.4 Å². The summed E-state index contributed by atoms with van der Waals surface area (Å²) in [6.07, 6.45) is -2.29. The molecule has 0 aliphatic heterocycles. The molecule has 0 radical (unpaired) electrons. The minimum absolute atomic E-state index is 0. The van der Waals surface area contributed by atoms with Crippen LogP contribution < -0.4 is 5.73 Å². The minimum atomic E-state index is -2.74. The number of hydrogen-bond donors (Lipinski definition) is 6. The van der Waals surface area contributed by atoms with E-state index < -0.39 is 42.3 Å². The number of aliphatic hydroxyl groups is 1. The highest BCUT2D eigenvalue weighted by Gasteiger charge is 2.40.